The van der Waals surface area contributed by atoms with Gasteiger partial charge in [0, 0.05) is 18.8 Å². The lowest BCUT2D eigenvalue weighted by molar-refractivity contribution is 0.544. The third-order valence-corrected chi connectivity index (χ3v) is 5.16. The maximum atomic E-state index is 11.5. The lowest BCUT2D eigenvalue weighted by Gasteiger charge is -2.16. The van der Waals surface area contributed by atoms with Gasteiger partial charge in [-0.05, 0) is 56.0 Å². The molecule has 0 saturated heterocycles. The van der Waals surface area contributed by atoms with Gasteiger partial charge in [0.25, 0.3) is 0 Å². The molecule has 0 aliphatic carbocycles. The minimum absolute atomic E-state index is 0.353. The predicted octanol–water partition coefficient (Wildman–Crippen LogP) is 3.43. The van der Waals surface area contributed by atoms with Crippen molar-refractivity contribution in [1.82, 2.24) is 5.32 Å². The fraction of sp³-hybridized carbons (Fsp3) is 0.368. The van der Waals surface area contributed by atoms with E-state index in [1.807, 2.05) is 12.1 Å². The van der Waals surface area contributed by atoms with Crippen molar-refractivity contribution >= 4 is 9.84 Å². The minimum Gasteiger partial charge on any atom is -0.310 e. The SMILES string of the molecule is Cc1ccc(C[C@@H](C)NCc2ccc(S(C)(=O)=O)cc2)c(C)c1. The summed E-state index contributed by atoms with van der Waals surface area (Å²) >= 11 is 0. The van der Waals surface area contributed by atoms with Crippen LogP contribution in [0.15, 0.2) is 47.4 Å². The van der Waals surface area contributed by atoms with Crippen molar-refractivity contribution in [1.29, 1.82) is 0 Å². The minimum atomic E-state index is -3.12. The molecule has 0 amide bonds. The van der Waals surface area contributed by atoms with Crippen molar-refractivity contribution in [3.8, 4) is 0 Å². The number of benzene rings is 2. The van der Waals surface area contributed by atoms with Crippen molar-refractivity contribution in [3.05, 3.63) is 64.7 Å². The summed E-state index contributed by atoms with van der Waals surface area (Å²) in [6, 6.07) is 14.0. The zero-order valence-electron chi connectivity index (χ0n) is 14.3. The summed E-state index contributed by atoms with van der Waals surface area (Å²) < 4.78 is 22.9. The van der Waals surface area contributed by atoms with E-state index >= 15 is 0 Å². The van der Waals surface area contributed by atoms with Gasteiger partial charge in [-0.15, -0.1) is 0 Å². The number of rotatable bonds is 6. The van der Waals surface area contributed by atoms with Gasteiger partial charge < -0.3 is 5.32 Å². The van der Waals surface area contributed by atoms with E-state index in [2.05, 4.69) is 44.3 Å². The highest BCUT2D eigenvalue weighted by molar-refractivity contribution is 7.90. The first kappa shape index (κ1) is 17.7. The highest BCUT2D eigenvalue weighted by Gasteiger charge is 2.08. The smallest absolute Gasteiger partial charge is 0.175 e. The van der Waals surface area contributed by atoms with Gasteiger partial charge in [0.15, 0.2) is 9.84 Å². The maximum absolute atomic E-state index is 11.5. The average molecular weight is 331 g/mol. The van der Waals surface area contributed by atoms with E-state index in [1.54, 1.807) is 12.1 Å². The number of hydrogen-bond donors (Lipinski definition) is 1. The van der Waals surface area contributed by atoms with Crippen molar-refractivity contribution in [2.75, 3.05) is 6.26 Å². The van der Waals surface area contributed by atoms with Gasteiger partial charge in [-0.2, -0.15) is 0 Å². The molecule has 2 rings (SSSR count). The summed E-state index contributed by atoms with van der Waals surface area (Å²) in [6.45, 7) is 7.16. The summed E-state index contributed by atoms with van der Waals surface area (Å²) in [6.07, 6.45) is 2.21. The normalized spacial score (nSPS) is 13.0. The summed E-state index contributed by atoms with van der Waals surface area (Å²) in [5, 5.41) is 3.50. The van der Waals surface area contributed by atoms with Crippen LogP contribution in [0.4, 0.5) is 0 Å². The van der Waals surface area contributed by atoms with Gasteiger partial charge in [-0.3, -0.25) is 0 Å². The molecule has 0 aliphatic heterocycles. The number of sulfone groups is 1. The van der Waals surface area contributed by atoms with Crippen molar-refractivity contribution in [3.63, 3.8) is 0 Å². The van der Waals surface area contributed by atoms with Crippen LogP contribution in [0, 0.1) is 13.8 Å². The number of hydrogen-bond acceptors (Lipinski definition) is 3. The van der Waals surface area contributed by atoms with Crippen LogP contribution in [0.2, 0.25) is 0 Å². The summed E-state index contributed by atoms with van der Waals surface area (Å²) in [5.74, 6) is 0. The molecule has 0 aromatic heterocycles. The second-order valence-electron chi connectivity index (χ2n) is 6.33. The molecule has 4 heteroatoms. The highest BCUT2D eigenvalue weighted by Crippen LogP contribution is 2.14. The number of nitrogens with one attached hydrogen (secondary N) is 1. The summed E-state index contributed by atoms with van der Waals surface area (Å²) in [5.41, 5.74) is 5.07. The van der Waals surface area contributed by atoms with Crippen LogP contribution in [0.1, 0.15) is 29.2 Å². The Labute approximate surface area is 139 Å². The molecule has 2 aromatic rings. The Morgan fingerprint density at radius 1 is 1.04 bits per heavy atom. The van der Waals surface area contributed by atoms with Gasteiger partial charge in [-0.1, -0.05) is 35.9 Å². The third kappa shape index (κ3) is 5.19. The average Bonchev–Trinajstić information content (AvgIpc) is 2.47. The van der Waals surface area contributed by atoms with E-state index in [4.69, 9.17) is 0 Å². The first-order chi connectivity index (χ1) is 10.8. The Kier molecular flexibility index (Phi) is 5.60. The molecule has 0 radical (unpaired) electrons. The largest absolute Gasteiger partial charge is 0.310 e. The van der Waals surface area contributed by atoms with Crippen LogP contribution in [0.25, 0.3) is 0 Å². The van der Waals surface area contributed by atoms with Crippen LogP contribution in [0.5, 0.6) is 0 Å². The molecule has 0 bridgehead atoms. The van der Waals surface area contributed by atoms with Gasteiger partial charge >= 0.3 is 0 Å². The van der Waals surface area contributed by atoms with Crippen molar-refractivity contribution in [2.24, 2.45) is 0 Å². The first-order valence-electron chi connectivity index (χ1n) is 7.84. The second-order valence-corrected chi connectivity index (χ2v) is 8.35. The molecule has 3 nitrogen and oxygen atoms in total. The molecule has 0 heterocycles. The molecule has 0 spiro atoms. The monoisotopic (exact) mass is 331 g/mol. The molecule has 0 unspecified atom stereocenters. The van der Waals surface area contributed by atoms with Crippen LogP contribution >= 0.6 is 0 Å². The Morgan fingerprint density at radius 3 is 2.26 bits per heavy atom. The second kappa shape index (κ2) is 7.28. The lowest BCUT2D eigenvalue weighted by atomic mass is 10.00. The molecule has 0 aliphatic rings. The van der Waals surface area contributed by atoms with E-state index in [1.165, 1.54) is 22.9 Å². The molecule has 0 fully saturated rings. The molecule has 1 atom stereocenters. The Morgan fingerprint density at radius 2 is 1.70 bits per heavy atom. The Balaban J connectivity index is 1.92. The van der Waals surface area contributed by atoms with Crippen molar-refractivity contribution < 1.29 is 8.42 Å². The standard InChI is InChI=1S/C19H25NO2S/c1-14-5-8-18(15(2)11-14)12-16(3)20-13-17-6-9-19(10-7-17)23(4,21)22/h5-11,16,20H,12-13H2,1-4H3/t16-/m1/s1. The number of aryl methyl sites for hydroxylation is 2. The first-order valence-corrected chi connectivity index (χ1v) is 9.73. The highest BCUT2D eigenvalue weighted by atomic mass is 32.2. The third-order valence-electron chi connectivity index (χ3n) is 4.03. The van der Waals surface area contributed by atoms with Gasteiger partial charge in [0.2, 0.25) is 0 Å². The molecule has 0 saturated carbocycles. The maximum Gasteiger partial charge on any atom is 0.175 e. The van der Waals surface area contributed by atoms with Crippen LogP contribution in [-0.2, 0) is 22.8 Å². The molecule has 23 heavy (non-hydrogen) atoms. The zero-order valence-corrected chi connectivity index (χ0v) is 15.1. The molecule has 2 aromatic carbocycles. The van der Waals surface area contributed by atoms with Crippen molar-refractivity contribution in [2.45, 2.75) is 44.7 Å². The van der Waals surface area contributed by atoms with E-state index < -0.39 is 9.84 Å². The van der Waals surface area contributed by atoms with Gasteiger partial charge in [0.05, 0.1) is 4.90 Å². The van der Waals surface area contributed by atoms with E-state index in [-0.39, 0.29) is 0 Å². The zero-order chi connectivity index (χ0) is 17.0. The summed E-state index contributed by atoms with van der Waals surface area (Å²) in [4.78, 5) is 0.365. The van der Waals surface area contributed by atoms with E-state index in [9.17, 15) is 8.42 Å². The molecular weight excluding hydrogens is 306 g/mol. The fourth-order valence-corrected chi connectivity index (χ4v) is 3.25. The molecular formula is C19H25NO2S. The fourth-order valence-electron chi connectivity index (χ4n) is 2.62. The predicted molar refractivity (Wildman–Crippen MR) is 95.5 cm³/mol. The van der Waals surface area contributed by atoms with Gasteiger partial charge in [-0.25, -0.2) is 8.42 Å². The van der Waals surface area contributed by atoms with Gasteiger partial charge in [0.1, 0.15) is 0 Å². The molecule has 124 valence electrons. The lowest BCUT2D eigenvalue weighted by Crippen LogP contribution is -2.27. The topological polar surface area (TPSA) is 46.2 Å². The Bertz CT molecular complexity index is 764. The quantitative estimate of drug-likeness (QED) is 0.882. The van der Waals surface area contributed by atoms with E-state index in [0.29, 0.717) is 10.9 Å². The molecule has 1 N–H and O–H groups in total. The van der Waals surface area contributed by atoms with Crippen LogP contribution in [0.3, 0.4) is 0 Å². The van der Waals surface area contributed by atoms with Crippen LogP contribution < -0.4 is 5.32 Å². The van der Waals surface area contributed by atoms with Crippen LogP contribution in [-0.4, -0.2) is 20.7 Å². The summed E-state index contributed by atoms with van der Waals surface area (Å²) in [7, 11) is -3.12. The Hall–Kier alpha value is -1.65. The van der Waals surface area contributed by atoms with E-state index in [0.717, 1.165) is 18.5 Å².